The maximum atomic E-state index is 11.7. The molecule has 104 valence electrons. The molecule has 1 amide bonds. The Morgan fingerprint density at radius 2 is 2.15 bits per heavy atom. The molecule has 0 radical (unpaired) electrons. The van der Waals surface area contributed by atoms with E-state index in [2.05, 4.69) is 48.4 Å². The second-order valence-electron chi connectivity index (χ2n) is 5.38. The van der Waals surface area contributed by atoms with Gasteiger partial charge in [0.05, 0.1) is 16.3 Å². The minimum Gasteiger partial charge on any atom is -0.353 e. The minimum absolute atomic E-state index is 0.113. The van der Waals surface area contributed by atoms with Crippen LogP contribution in [0.25, 0.3) is 10.9 Å². The van der Waals surface area contributed by atoms with E-state index in [-0.39, 0.29) is 5.91 Å². The molecule has 1 saturated carbocycles. The predicted octanol–water partition coefficient (Wildman–Crippen LogP) is 3.22. The van der Waals surface area contributed by atoms with E-state index in [0.29, 0.717) is 11.8 Å². The average molecular weight is 286 g/mol. The first-order valence-corrected chi connectivity index (χ1v) is 7.91. The van der Waals surface area contributed by atoms with E-state index in [0.717, 1.165) is 23.4 Å². The van der Waals surface area contributed by atoms with Gasteiger partial charge in [0.1, 0.15) is 0 Å². The van der Waals surface area contributed by atoms with Crippen LogP contribution in [0.1, 0.15) is 24.0 Å². The van der Waals surface area contributed by atoms with Gasteiger partial charge < -0.3 is 5.32 Å². The fraction of sp³-hybridized carbons (Fsp3) is 0.375. The third-order valence-electron chi connectivity index (χ3n) is 3.52. The van der Waals surface area contributed by atoms with E-state index in [9.17, 15) is 4.79 Å². The highest BCUT2D eigenvalue weighted by Gasteiger charge is 2.23. The number of carbonyl (C=O) groups is 1. The Bertz CT molecular complexity index is 665. The van der Waals surface area contributed by atoms with Gasteiger partial charge in [-0.05, 0) is 43.9 Å². The molecule has 1 aromatic carbocycles. The molecule has 1 N–H and O–H groups in total. The molecule has 4 heteroatoms. The number of fused-ring (bicyclic) bond motifs is 1. The summed E-state index contributed by atoms with van der Waals surface area (Å²) < 4.78 is 0. The van der Waals surface area contributed by atoms with Crippen molar-refractivity contribution in [1.29, 1.82) is 0 Å². The van der Waals surface area contributed by atoms with Crippen molar-refractivity contribution in [2.24, 2.45) is 0 Å². The predicted molar refractivity (Wildman–Crippen MR) is 83.1 cm³/mol. The van der Waals surface area contributed by atoms with E-state index in [4.69, 9.17) is 0 Å². The van der Waals surface area contributed by atoms with Gasteiger partial charge in [0.25, 0.3) is 0 Å². The van der Waals surface area contributed by atoms with Gasteiger partial charge in [-0.1, -0.05) is 30.0 Å². The van der Waals surface area contributed by atoms with Gasteiger partial charge in [0.15, 0.2) is 0 Å². The number of aryl methyl sites for hydroxylation is 2. The van der Waals surface area contributed by atoms with E-state index in [1.165, 1.54) is 28.3 Å². The van der Waals surface area contributed by atoms with Crippen LogP contribution >= 0.6 is 11.8 Å². The Kier molecular flexibility index (Phi) is 3.66. The molecule has 0 unspecified atom stereocenters. The Morgan fingerprint density at radius 1 is 1.35 bits per heavy atom. The van der Waals surface area contributed by atoms with Gasteiger partial charge in [-0.15, -0.1) is 0 Å². The van der Waals surface area contributed by atoms with Gasteiger partial charge in [-0.2, -0.15) is 0 Å². The second-order valence-corrected chi connectivity index (χ2v) is 6.37. The summed E-state index contributed by atoms with van der Waals surface area (Å²) in [6.45, 7) is 4.17. The third kappa shape index (κ3) is 2.96. The van der Waals surface area contributed by atoms with Crippen molar-refractivity contribution in [1.82, 2.24) is 10.3 Å². The molecule has 0 aliphatic heterocycles. The van der Waals surface area contributed by atoms with Crippen molar-refractivity contribution in [2.45, 2.75) is 37.8 Å². The van der Waals surface area contributed by atoms with Crippen molar-refractivity contribution in [2.75, 3.05) is 5.75 Å². The highest BCUT2D eigenvalue weighted by Crippen LogP contribution is 2.26. The number of nitrogens with zero attached hydrogens (tertiary/aromatic N) is 1. The first-order valence-electron chi connectivity index (χ1n) is 6.92. The number of nitrogens with one attached hydrogen (secondary N) is 1. The van der Waals surface area contributed by atoms with Crippen molar-refractivity contribution in [3.05, 3.63) is 35.4 Å². The largest absolute Gasteiger partial charge is 0.353 e. The molecule has 2 aromatic rings. The van der Waals surface area contributed by atoms with Crippen LogP contribution in [-0.4, -0.2) is 22.7 Å². The second kappa shape index (κ2) is 5.44. The lowest BCUT2D eigenvalue weighted by Gasteiger charge is -2.08. The van der Waals surface area contributed by atoms with Crippen molar-refractivity contribution >= 4 is 28.6 Å². The number of para-hydroxylation sites is 1. The number of hydrogen-bond donors (Lipinski definition) is 1. The highest BCUT2D eigenvalue weighted by molar-refractivity contribution is 7.99. The number of benzene rings is 1. The number of amides is 1. The van der Waals surface area contributed by atoms with Crippen LogP contribution in [0.3, 0.4) is 0 Å². The first kappa shape index (κ1) is 13.4. The van der Waals surface area contributed by atoms with Gasteiger partial charge in [0.2, 0.25) is 5.91 Å². The quantitative estimate of drug-likeness (QED) is 0.877. The lowest BCUT2D eigenvalue weighted by Crippen LogP contribution is -2.27. The average Bonchev–Trinajstić information content (AvgIpc) is 3.22. The monoisotopic (exact) mass is 286 g/mol. The standard InChI is InChI=1S/C16H18N2OS/c1-10-4-3-5-13-11(2)8-15(18-16(10)13)20-9-14(19)17-12-6-7-12/h3-5,8,12H,6-7,9H2,1-2H3,(H,17,19). The molecule has 3 nitrogen and oxygen atoms in total. The molecule has 3 rings (SSSR count). The summed E-state index contributed by atoms with van der Waals surface area (Å²) in [5.41, 5.74) is 3.43. The molecule has 0 bridgehead atoms. The zero-order chi connectivity index (χ0) is 14.1. The Hall–Kier alpha value is -1.55. The number of carbonyl (C=O) groups excluding carboxylic acids is 1. The number of pyridine rings is 1. The molecular formula is C16H18N2OS. The summed E-state index contributed by atoms with van der Waals surface area (Å²) in [6.07, 6.45) is 2.26. The van der Waals surface area contributed by atoms with Crippen molar-refractivity contribution in [3.63, 3.8) is 0 Å². The van der Waals surface area contributed by atoms with E-state index in [1.807, 2.05) is 0 Å². The van der Waals surface area contributed by atoms with Crippen molar-refractivity contribution in [3.8, 4) is 0 Å². The van der Waals surface area contributed by atoms with Crippen LogP contribution in [0.2, 0.25) is 0 Å². The number of thioether (sulfide) groups is 1. The fourth-order valence-corrected chi connectivity index (χ4v) is 3.02. The molecule has 0 spiro atoms. The van der Waals surface area contributed by atoms with E-state index >= 15 is 0 Å². The SMILES string of the molecule is Cc1cc(SCC(=O)NC2CC2)nc2c(C)cccc12. The van der Waals surface area contributed by atoms with Gasteiger partial charge in [0, 0.05) is 11.4 Å². The lowest BCUT2D eigenvalue weighted by atomic mass is 10.1. The summed E-state index contributed by atoms with van der Waals surface area (Å²) in [4.78, 5) is 16.4. The maximum absolute atomic E-state index is 11.7. The smallest absolute Gasteiger partial charge is 0.230 e. The number of aromatic nitrogens is 1. The molecule has 1 fully saturated rings. The van der Waals surface area contributed by atoms with Crippen LogP contribution in [-0.2, 0) is 4.79 Å². The molecule has 1 aromatic heterocycles. The Balaban J connectivity index is 1.77. The zero-order valence-corrected chi connectivity index (χ0v) is 12.6. The third-order valence-corrected chi connectivity index (χ3v) is 4.43. The van der Waals surface area contributed by atoms with Crippen LogP contribution in [0.5, 0.6) is 0 Å². The zero-order valence-electron chi connectivity index (χ0n) is 11.8. The molecule has 1 heterocycles. The molecule has 20 heavy (non-hydrogen) atoms. The van der Waals surface area contributed by atoms with Gasteiger partial charge in [-0.25, -0.2) is 4.98 Å². The van der Waals surface area contributed by atoms with Crippen LogP contribution in [0, 0.1) is 13.8 Å². The van der Waals surface area contributed by atoms with Crippen LogP contribution in [0.15, 0.2) is 29.3 Å². The number of hydrogen-bond acceptors (Lipinski definition) is 3. The van der Waals surface area contributed by atoms with Gasteiger partial charge >= 0.3 is 0 Å². The minimum atomic E-state index is 0.113. The summed E-state index contributed by atoms with van der Waals surface area (Å²) in [5, 5.41) is 5.12. The summed E-state index contributed by atoms with van der Waals surface area (Å²) in [7, 11) is 0. The number of rotatable bonds is 4. The van der Waals surface area contributed by atoms with Crippen LogP contribution < -0.4 is 5.32 Å². The first-order chi connectivity index (χ1) is 9.63. The van der Waals surface area contributed by atoms with Crippen LogP contribution in [0.4, 0.5) is 0 Å². The van der Waals surface area contributed by atoms with Crippen molar-refractivity contribution < 1.29 is 4.79 Å². The normalized spacial score (nSPS) is 14.5. The Morgan fingerprint density at radius 3 is 2.90 bits per heavy atom. The molecule has 0 atom stereocenters. The molecule has 0 saturated heterocycles. The summed E-state index contributed by atoms with van der Waals surface area (Å²) in [6, 6.07) is 8.72. The molecule has 1 aliphatic rings. The molecule has 1 aliphatic carbocycles. The maximum Gasteiger partial charge on any atom is 0.230 e. The summed E-state index contributed by atoms with van der Waals surface area (Å²) >= 11 is 1.51. The highest BCUT2D eigenvalue weighted by atomic mass is 32.2. The topological polar surface area (TPSA) is 42.0 Å². The van der Waals surface area contributed by atoms with Gasteiger partial charge in [-0.3, -0.25) is 4.79 Å². The lowest BCUT2D eigenvalue weighted by molar-refractivity contribution is -0.118. The summed E-state index contributed by atoms with van der Waals surface area (Å²) in [5.74, 6) is 0.558. The van der Waals surface area contributed by atoms with E-state index < -0.39 is 0 Å². The Labute approximate surface area is 123 Å². The van der Waals surface area contributed by atoms with E-state index in [1.54, 1.807) is 0 Å². The molecular weight excluding hydrogens is 268 g/mol. The fourth-order valence-electron chi connectivity index (χ4n) is 2.24.